The third-order valence-electron chi connectivity index (χ3n) is 4.74. The highest BCUT2D eigenvalue weighted by molar-refractivity contribution is 6.37. The van der Waals surface area contributed by atoms with Crippen molar-refractivity contribution in [1.82, 2.24) is 10.6 Å². The number of unbranched alkanes of at least 4 members (excludes halogenated alkanes) is 1. The van der Waals surface area contributed by atoms with Crippen molar-refractivity contribution in [2.45, 2.75) is 73.3 Å². The van der Waals surface area contributed by atoms with Gasteiger partial charge in [0.15, 0.2) is 0 Å². The Balaban J connectivity index is 0.00000150. The van der Waals surface area contributed by atoms with Crippen molar-refractivity contribution >= 4 is 34.3 Å². The number of ketones is 1. The summed E-state index contributed by atoms with van der Waals surface area (Å²) in [5, 5.41) is 14.9. The molecule has 0 aliphatic rings. The Morgan fingerprint density at radius 3 is 2.08 bits per heavy atom. The molecule has 0 bridgehead atoms. The number of aliphatic hydroxyl groups excluding tert-OH is 1. The van der Waals surface area contributed by atoms with Crippen LogP contribution in [0, 0.1) is 11.8 Å². The van der Waals surface area contributed by atoms with Gasteiger partial charge in [-0.25, -0.2) is 0 Å². The van der Waals surface area contributed by atoms with Gasteiger partial charge in [-0.15, -0.1) is 0 Å². The minimum atomic E-state index is -0.777. The van der Waals surface area contributed by atoms with Gasteiger partial charge >= 0.3 is 5.97 Å². The molecule has 2 amide bonds. The van der Waals surface area contributed by atoms with Gasteiger partial charge in [-0.3, -0.25) is 19.2 Å². The molecule has 38 heavy (non-hydrogen) atoms. The third-order valence-corrected chi connectivity index (χ3v) is 4.74. The number of amides is 2. The Morgan fingerprint density at radius 2 is 1.53 bits per heavy atom. The van der Waals surface area contributed by atoms with Crippen LogP contribution in [0.4, 0.5) is 0 Å². The van der Waals surface area contributed by atoms with Gasteiger partial charge in [-0.05, 0) is 48.9 Å². The summed E-state index contributed by atoms with van der Waals surface area (Å²) < 4.78 is 5.20. The maximum absolute atomic E-state index is 12.7. The van der Waals surface area contributed by atoms with Crippen LogP contribution in [0.2, 0.25) is 0 Å². The smallest absolute Gasteiger partial charge is 0.306 e. The Bertz CT molecular complexity index is 992. The molecule has 2 aromatic carbocycles. The van der Waals surface area contributed by atoms with Crippen LogP contribution >= 0.6 is 0 Å². The second-order valence-electron chi connectivity index (χ2n) is 9.91. The number of esters is 1. The van der Waals surface area contributed by atoms with Crippen molar-refractivity contribution in [3.05, 3.63) is 48.0 Å². The van der Waals surface area contributed by atoms with Crippen molar-refractivity contribution in [1.29, 1.82) is 0 Å². The van der Waals surface area contributed by atoms with E-state index in [0.29, 0.717) is 13.0 Å². The lowest BCUT2D eigenvalue weighted by atomic mass is 9.93. The van der Waals surface area contributed by atoms with Gasteiger partial charge in [-0.1, -0.05) is 76.6 Å². The van der Waals surface area contributed by atoms with E-state index in [-0.39, 0.29) is 12.5 Å². The summed E-state index contributed by atoms with van der Waals surface area (Å²) in [6, 6.07) is 13.7. The molecule has 0 spiro atoms. The number of Topliss-reactive ketones (excluding diaryl/α,β-unsaturated/α-hetero) is 1. The zero-order valence-corrected chi connectivity index (χ0v) is 24.0. The van der Waals surface area contributed by atoms with Crippen LogP contribution in [0.25, 0.3) is 10.8 Å². The van der Waals surface area contributed by atoms with Gasteiger partial charge in [0, 0.05) is 13.2 Å². The summed E-state index contributed by atoms with van der Waals surface area (Å²) >= 11 is 0. The molecule has 0 fully saturated rings. The first-order chi connectivity index (χ1) is 17.9. The van der Waals surface area contributed by atoms with E-state index in [4.69, 9.17) is 9.84 Å². The van der Waals surface area contributed by atoms with Gasteiger partial charge in [0.2, 0.25) is 11.7 Å². The van der Waals surface area contributed by atoms with Crippen molar-refractivity contribution in [3.8, 4) is 0 Å². The summed E-state index contributed by atoms with van der Waals surface area (Å²) in [6.45, 7) is 11.8. The van der Waals surface area contributed by atoms with E-state index in [1.165, 1.54) is 7.05 Å². The molecule has 8 heteroatoms. The summed E-state index contributed by atoms with van der Waals surface area (Å²) in [5.74, 6) is -2.33. The number of nitrogens with one attached hydrogen (secondary N) is 2. The molecule has 0 saturated heterocycles. The van der Waals surface area contributed by atoms with E-state index in [0.717, 1.165) is 35.1 Å². The molecular formula is C30H46N2O6. The standard InChI is InChI=1S/C23H28N2O5.C4H10.C3H8O/c1-3-4-11-30-21(27)14-19(22(28)25-15-20(26)23(29)24-2)13-16-9-10-17-7-5-6-8-18(17)12-16;1-4(2)3;1-3(2)4/h5-10,12,19H,3-4,11,13-15H2,1-2H3,(H,24,29)(H,25,28);4H,1-3H3;3-4H,1-2H3. The van der Waals surface area contributed by atoms with E-state index < -0.39 is 36.0 Å². The molecular weight excluding hydrogens is 484 g/mol. The van der Waals surface area contributed by atoms with Crippen molar-refractivity contribution in [3.63, 3.8) is 0 Å². The van der Waals surface area contributed by atoms with Crippen LogP contribution in [0.5, 0.6) is 0 Å². The molecule has 0 radical (unpaired) electrons. The number of rotatable bonds is 11. The van der Waals surface area contributed by atoms with Crippen LogP contribution in [0.15, 0.2) is 42.5 Å². The first-order valence-corrected chi connectivity index (χ1v) is 13.2. The number of carbonyl (C=O) groups is 4. The molecule has 0 aromatic heterocycles. The molecule has 1 unspecified atom stereocenters. The minimum Gasteiger partial charge on any atom is -0.466 e. The Hall–Kier alpha value is -3.26. The lowest BCUT2D eigenvalue weighted by Crippen LogP contribution is -2.41. The van der Waals surface area contributed by atoms with Gasteiger partial charge < -0.3 is 20.5 Å². The number of hydrogen-bond donors (Lipinski definition) is 3. The topological polar surface area (TPSA) is 122 Å². The van der Waals surface area contributed by atoms with E-state index in [9.17, 15) is 19.2 Å². The van der Waals surface area contributed by atoms with E-state index in [1.807, 2.05) is 49.4 Å². The van der Waals surface area contributed by atoms with E-state index in [2.05, 4.69) is 31.4 Å². The highest BCUT2D eigenvalue weighted by Gasteiger charge is 2.24. The molecule has 2 rings (SSSR count). The number of aliphatic hydroxyl groups is 1. The summed E-state index contributed by atoms with van der Waals surface area (Å²) in [6.07, 6.45) is 1.70. The second-order valence-corrected chi connectivity index (χ2v) is 9.91. The van der Waals surface area contributed by atoms with Crippen molar-refractivity contribution in [2.24, 2.45) is 11.8 Å². The SMILES string of the molecule is CC(C)C.CC(C)O.CCCCOC(=O)CC(Cc1ccc2ccccc2c1)C(=O)NCC(=O)C(=O)NC. The Kier molecular flexibility index (Phi) is 18.1. The molecule has 0 heterocycles. The fraction of sp³-hybridized carbons (Fsp3) is 0.533. The number of hydrogen-bond acceptors (Lipinski definition) is 6. The quantitative estimate of drug-likeness (QED) is 0.227. The summed E-state index contributed by atoms with van der Waals surface area (Å²) in [4.78, 5) is 47.9. The molecule has 3 N–H and O–H groups in total. The molecule has 2 aromatic rings. The highest BCUT2D eigenvalue weighted by Crippen LogP contribution is 2.20. The monoisotopic (exact) mass is 530 g/mol. The average molecular weight is 531 g/mol. The second kappa shape index (κ2) is 19.8. The molecule has 1 atom stereocenters. The number of carbonyl (C=O) groups excluding carboxylic acids is 4. The van der Waals surface area contributed by atoms with E-state index >= 15 is 0 Å². The van der Waals surface area contributed by atoms with Crippen LogP contribution in [-0.2, 0) is 30.3 Å². The lowest BCUT2D eigenvalue weighted by molar-refractivity contribution is -0.147. The maximum atomic E-state index is 12.7. The number of likely N-dealkylation sites (N-methyl/N-ethyl adjacent to an activating group) is 1. The Morgan fingerprint density at radius 1 is 0.947 bits per heavy atom. The fourth-order valence-corrected chi connectivity index (χ4v) is 3.03. The maximum Gasteiger partial charge on any atom is 0.306 e. The fourth-order valence-electron chi connectivity index (χ4n) is 3.03. The number of benzene rings is 2. The molecule has 0 aliphatic carbocycles. The summed E-state index contributed by atoms with van der Waals surface area (Å²) in [5.41, 5.74) is 0.896. The normalized spacial score (nSPS) is 11.0. The lowest BCUT2D eigenvalue weighted by Gasteiger charge is -2.16. The molecule has 0 aliphatic heterocycles. The van der Waals surface area contributed by atoms with Crippen molar-refractivity contribution < 1.29 is 29.0 Å². The third kappa shape index (κ3) is 16.5. The molecule has 8 nitrogen and oxygen atoms in total. The first kappa shape index (κ1) is 34.7. The predicted molar refractivity (Wildman–Crippen MR) is 152 cm³/mol. The highest BCUT2D eigenvalue weighted by atomic mass is 16.5. The minimum absolute atomic E-state index is 0.101. The zero-order valence-electron chi connectivity index (χ0n) is 24.0. The van der Waals surface area contributed by atoms with Crippen LogP contribution in [0.1, 0.15) is 66.4 Å². The largest absolute Gasteiger partial charge is 0.466 e. The average Bonchev–Trinajstić information content (AvgIpc) is 2.85. The van der Waals surface area contributed by atoms with Crippen LogP contribution in [0.3, 0.4) is 0 Å². The van der Waals surface area contributed by atoms with Gasteiger partial charge in [0.1, 0.15) is 0 Å². The van der Waals surface area contributed by atoms with Gasteiger partial charge in [-0.2, -0.15) is 0 Å². The number of fused-ring (bicyclic) bond motifs is 1. The van der Waals surface area contributed by atoms with Crippen LogP contribution in [-0.4, -0.2) is 55.0 Å². The number of ether oxygens (including phenoxy) is 1. The zero-order chi connectivity index (χ0) is 29.1. The van der Waals surface area contributed by atoms with Crippen LogP contribution < -0.4 is 10.6 Å². The Labute approximate surface area is 227 Å². The van der Waals surface area contributed by atoms with Gasteiger partial charge in [0.05, 0.1) is 25.5 Å². The van der Waals surface area contributed by atoms with Crippen molar-refractivity contribution in [2.75, 3.05) is 20.2 Å². The first-order valence-electron chi connectivity index (χ1n) is 13.2. The summed E-state index contributed by atoms with van der Waals surface area (Å²) in [7, 11) is 1.34. The predicted octanol–water partition coefficient (Wildman–Crippen LogP) is 4.21. The molecule has 212 valence electrons. The van der Waals surface area contributed by atoms with Gasteiger partial charge in [0.25, 0.3) is 5.91 Å². The van der Waals surface area contributed by atoms with E-state index in [1.54, 1.807) is 13.8 Å². The molecule has 0 saturated carbocycles.